The Bertz CT molecular complexity index is 687. The largest absolute Gasteiger partial charge is 0.392 e. The average molecular weight is 313 g/mol. The molecule has 0 amide bonds. The van der Waals surface area contributed by atoms with E-state index in [1.165, 1.54) is 6.07 Å². The molecule has 1 aromatic heterocycles. The van der Waals surface area contributed by atoms with E-state index in [0.29, 0.717) is 18.5 Å². The first kappa shape index (κ1) is 15.6. The molecule has 0 aliphatic carbocycles. The Hall–Kier alpha value is -1.77. The summed E-state index contributed by atoms with van der Waals surface area (Å²) in [5.74, 6) is -0.874. The van der Waals surface area contributed by atoms with Crippen LogP contribution in [-0.2, 0) is 23.2 Å². The van der Waals surface area contributed by atoms with Gasteiger partial charge in [-0.3, -0.25) is 4.68 Å². The Morgan fingerprint density at radius 1 is 1.38 bits per heavy atom. The second-order valence-corrected chi connectivity index (χ2v) is 6.18. The van der Waals surface area contributed by atoms with Crippen molar-refractivity contribution < 1.29 is 17.9 Å². The number of sulfonamides is 1. The summed E-state index contributed by atoms with van der Waals surface area (Å²) in [5.41, 5.74) is 0.324. The van der Waals surface area contributed by atoms with Gasteiger partial charge in [-0.2, -0.15) is 5.10 Å². The molecule has 21 heavy (non-hydrogen) atoms. The molecule has 2 rings (SSSR count). The Morgan fingerprint density at radius 2 is 2.19 bits per heavy atom. The molecule has 0 saturated heterocycles. The molecule has 0 fully saturated rings. The summed E-state index contributed by atoms with van der Waals surface area (Å²) in [6.45, 7) is 0.416. The molecule has 0 unspecified atom stereocenters. The van der Waals surface area contributed by atoms with Gasteiger partial charge in [-0.15, -0.1) is 0 Å². The maximum absolute atomic E-state index is 13.7. The van der Waals surface area contributed by atoms with Crippen molar-refractivity contribution in [2.45, 2.75) is 24.5 Å². The van der Waals surface area contributed by atoms with E-state index in [2.05, 4.69) is 9.82 Å². The normalized spacial score (nSPS) is 11.7. The summed E-state index contributed by atoms with van der Waals surface area (Å²) in [7, 11) is -3.89. The Balaban J connectivity index is 1.95. The van der Waals surface area contributed by atoms with Gasteiger partial charge in [-0.25, -0.2) is 17.5 Å². The van der Waals surface area contributed by atoms with Crippen molar-refractivity contribution >= 4 is 10.0 Å². The zero-order valence-electron chi connectivity index (χ0n) is 11.2. The first-order valence-corrected chi connectivity index (χ1v) is 7.87. The highest BCUT2D eigenvalue weighted by atomic mass is 32.2. The van der Waals surface area contributed by atoms with Crippen LogP contribution in [0.1, 0.15) is 12.0 Å². The molecule has 1 aromatic carbocycles. The highest BCUT2D eigenvalue weighted by Crippen LogP contribution is 2.16. The first-order valence-electron chi connectivity index (χ1n) is 6.39. The van der Waals surface area contributed by atoms with Crippen LogP contribution in [0.25, 0.3) is 0 Å². The number of nitrogens with zero attached hydrogens (tertiary/aromatic N) is 2. The van der Waals surface area contributed by atoms with Crippen molar-refractivity contribution in [1.82, 2.24) is 14.5 Å². The summed E-state index contributed by atoms with van der Waals surface area (Å²) in [6, 6.07) is 5.32. The average Bonchev–Trinajstić information content (AvgIpc) is 2.96. The standard InChI is InChI=1S/C13H16FN3O3S/c14-12-9-11(10-18)3-4-13(12)21(19,20)16-6-2-8-17-7-1-5-15-17/h1,3-5,7,9,16,18H,2,6,8,10H2. The second kappa shape index (κ2) is 6.79. The van der Waals surface area contributed by atoms with Crippen molar-refractivity contribution in [3.8, 4) is 0 Å². The molecule has 0 spiro atoms. The molecule has 0 bridgehead atoms. The van der Waals surface area contributed by atoms with Crippen molar-refractivity contribution in [3.05, 3.63) is 48.0 Å². The van der Waals surface area contributed by atoms with Crippen LogP contribution in [0.3, 0.4) is 0 Å². The van der Waals surface area contributed by atoms with Gasteiger partial charge in [0.1, 0.15) is 10.7 Å². The van der Waals surface area contributed by atoms with E-state index in [0.717, 1.165) is 12.1 Å². The predicted molar refractivity (Wildman–Crippen MR) is 74.4 cm³/mol. The Kier molecular flexibility index (Phi) is 5.05. The van der Waals surface area contributed by atoms with E-state index in [1.54, 1.807) is 23.1 Å². The summed E-state index contributed by atoms with van der Waals surface area (Å²) in [6.07, 6.45) is 3.96. The molecule has 2 N–H and O–H groups in total. The highest BCUT2D eigenvalue weighted by molar-refractivity contribution is 7.89. The minimum absolute atomic E-state index is 0.184. The molecule has 8 heteroatoms. The summed E-state index contributed by atoms with van der Waals surface area (Å²) < 4.78 is 41.7. The van der Waals surface area contributed by atoms with E-state index < -0.39 is 20.7 Å². The molecule has 0 atom stereocenters. The van der Waals surface area contributed by atoms with E-state index in [-0.39, 0.29) is 13.2 Å². The predicted octanol–water partition coefficient (Wildman–Crippen LogP) is 0.883. The van der Waals surface area contributed by atoms with Gasteiger partial charge in [0.05, 0.1) is 6.61 Å². The van der Waals surface area contributed by atoms with Gasteiger partial charge in [0.15, 0.2) is 0 Å². The molecule has 0 aliphatic rings. The van der Waals surface area contributed by atoms with Crippen LogP contribution in [0.4, 0.5) is 4.39 Å². The molecule has 0 saturated carbocycles. The lowest BCUT2D eigenvalue weighted by molar-refractivity contribution is 0.281. The summed E-state index contributed by atoms with van der Waals surface area (Å²) >= 11 is 0. The van der Waals surface area contributed by atoms with Crippen LogP contribution in [0, 0.1) is 5.82 Å². The molecule has 1 heterocycles. The summed E-state index contributed by atoms with van der Waals surface area (Å²) in [5, 5.41) is 12.9. The van der Waals surface area contributed by atoms with Gasteiger partial charge in [0.25, 0.3) is 0 Å². The molecular formula is C13H16FN3O3S. The van der Waals surface area contributed by atoms with Gasteiger partial charge in [0, 0.05) is 25.5 Å². The number of halogens is 1. The number of hydrogen-bond acceptors (Lipinski definition) is 4. The van der Waals surface area contributed by atoms with E-state index >= 15 is 0 Å². The van der Waals surface area contributed by atoms with E-state index in [4.69, 9.17) is 5.11 Å². The third kappa shape index (κ3) is 4.10. The number of aliphatic hydroxyl groups is 1. The first-order chi connectivity index (χ1) is 10.0. The van der Waals surface area contributed by atoms with Crippen molar-refractivity contribution in [1.29, 1.82) is 0 Å². The molecule has 0 radical (unpaired) electrons. The van der Waals surface area contributed by atoms with Crippen molar-refractivity contribution in [2.75, 3.05) is 6.54 Å². The zero-order valence-corrected chi connectivity index (χ0v) is 12.1. The third-order valence-corrected chi connectivity index (χ3v) is 4.38. The van der Waals surface area contributed by atoms with Gasteiger partial charge in [-0.1, -0.05) is 6.07 Å². The monoisotopic (exact) mass is 313 g/mol. The minimum Gasteiger partial charge on any atom is -0.392 e. The Labute approximate surface area is 122 Å². The molecular weight excluding hydrogens is 297 g/mol. The van der Waals surface area contributed by atoms with Crippen LogP contribution < -0.4 is 4.72 Å². The van der Waals surface area contributed by atoms with E-state index in [1.807, 2.05) is 0 Å². The number of aryl methyl sites for hydroxylation is 1. The fourth-order valence-corrected chi connectivity index (χ4v) is 2.95. The molecule has 0 aliphatic heterocycles. The minimum atomic E-state index is -3.89. The third-order valence-electron chi connectivity index (χ3n) is 2.88. The van der Waals surface area contributed by atoms with Crippen molar-refractivity contribution in [2.24, 2.45) is 0 Å². The molecule has 6 nitrogen and oxygen atoms in total. The van der Waals surface area contributed by atoms with Gasteiger partial charge in [-0.05, 0) is 30.2 Å². The van der Waals surface area contributed by atoms with Crippen LogP contribution in [0.2, 0.25) is 0 Å². The number of rotatable bonds is 7. The topological polar surface area (TPSA) is 84.2 Å². The lowest BCUT2D eigenvalue weighted by Gasteiger charge is -2.08. The SMILES string of the molecule is O=S(=O)(NCCCn1cccn1)c1ccc(CO)cc1F. The summed E-state index contributed by atoms with van der Waals surface area (Å²) in [4.78, 5) is -0.418. The maximum Gasteiger partial charge on any atom is 0.243 e. The zero-order chi connectivity index (χ0) is 15.3. The van der Waals surface area contributed by atoms with Crippen LogP contribution in [0.15, 0.2) is 41.6 Å². The number of hydrogen-bond donors (Lipinski definition) is 2. The van der Waals surface area contributed by atoms with Crippen LogP contribution in [-0.4, -0.2) is 29.8 Å². The lowest BCUT2D eigenvalue weighted by Crippen LogP contribution is -2.26. The van der Waals surface area contributed by atoms with Gasteiger partial charge < -0.3 is 5.11 Å². The molecule has 114 valence electrons. The number of nitrogens with one attached hydrogen (secondary N) is 1. The lowest BCUT2D eigenvalue weighted by atomic mass is 10.2. The van der Waals surface area contributed by atoms with Crippen LogP contribution in [0.5, 0.6) is 0 Å². The quantitative estimate of drug-likeness (QED) is 0.743. The second-order valence-electron chi connectivity index (χ2n) is 4.44. The molecule has 2 aromatic rings. The maximum atomic E-state index is 13.7. The Morgan fingerprint density at radius 3 is 2.81 bits per heavy atom. The van der Waals surface area contributed by atoms with Crippen molar-refractivity contribution in [3.63, 3.8) is 0 Å². The van der Waals surface area contributed by atoms with Gasteiger partial charge in [0.2, 0.25) is 10.0 Å². The number of benzene rings is 1. The number of aromatic nitrogens is 2. The van der Waals surface area contributed by atoms with Gasteiger partial charge >= 0.3 is 0 Å². The highest BCUT2D eigenvalue weighted by Gasteiger charge is 2.18. The number of aliphatic hydroxyl groups excluding tert-OH is 1. The smallest absolute Gasteiger partial charge is 0.243 e. The fraction of sp³-hybridized carbons (Fsp3) is 0.308. The van der Waals surface area contributed by atoms with E-state index in [9.17, 15) is 12.8 Å². The van der Waals surface area contributed by atoms with Crippen LogP contribution >= 0.6 is 0 Å². The fourth-order valence-electron chi connectivity index (χ4n) is 1.82.